The molecule has 0 aliphatic carbocycles. The molecule has 0 saturated carbocycles. The molecule has 4 rings (SSSR count). The highest BCUT2D eigenvalue weighted by Gasteiger charge is 2.19. The SMILES string of the molecule is CC(C)(C)c1csc(-c2cc3cc(-c4nnn[nH]4)ccc3o2)n1. The predicted molar refractivity (Wildman–Crippen MR) is 89.2 cm³/mol. The second kappa shape index (κ2) is 4.99. The normalized spacial score (nSPS) is 12.1. The van der Waals surface area contributed by atoms with Gasteiger partial charge in [-0.1, -0.05) is 20.8 Å². The Morgan fingerprint density at radius 1 is 1.17 bits per heavy atom. The number of fused-ring (bicyclic) bond motifs is 1. The molecule has 0 fully saturated rings. The van der Waals surface area contributed by atoms with E-state index in [4.69, 9.17) is 9.40 Å². The average molecular weight is 325 g/mol. The van der Waals surface area contributed by atoms with Crippen LogP contribution in [0, 0.1) is 0 Å². The summed E-state index contributed by atoms with van der Waals surface area (Å²) in [5.74, 6) is 1.42. The van der Waals surface area contributed by atoms with Gasteiger partial charge >= 0.3 is 0 Å². The number of benzene rings is 1. The quantitative estimate of drug-likeness (QED) is 0.601. The maximum absolute atomic E-state index is 5.94. The molecule has 1 aromatic carbocycles. The van der Waals surface area contributed by atoms with Crippen LogP contribution in [0.1, 0.15) is 26.5 Å². The van der Waals surface area contributed by atoms with Crippen LogP contribution in [0.4, 0.5) is 0 Å². The van der Waals surface area contributed by atoms with Gasteiger partial charge in [0.25, 0.3) is 0 Å². The van der Waals surface area contributed by atoms with E-state index in [2.05, 4.69) is 46.8 Å². The molecular weight excluding hydrogens is 310 g/mol. The van der Waals surface area contributed by atoms with E-state index in [-0.39, 0.29) is 5.41 Å². The summed E-state index contributed by atoms with van der Waals surface area (Å²) >= 11 is 1.60. The maximum Gasteiger partial charge on any atom is 0.179 e. The van der Waals surface area contributed by atoms with Crippen LogP contribution in [0.3, 0.4) is 0 Å². The van der Waals surface area contributed by atoms with Crippen molar-refractivity contribution in [1.29, 1.82) is 0 Å². The summed E-state index contributed by atoms with van der Waals surface area (Å²) in [5, 5.41) is 17.9. The molecule has 0 atom stereocenters. The van der Waals surface area contributed by atoms with Crippen LogP contribution in [0.15, 0.2) is 34.1 Å². The van der Waals surface area contributed by atoms with Crippen LogP contribution in [0.5, 0.6) is 0 Å². The zero-order valence-electron chi connectivity index (χ0n) is 13.0. The van der Waals surface area contributed by atoms with Gasteiger partial charge in [0.05, 0.1) is 5.69 Å². The largest absolute Gasteiger partial charge is 0.454 e. The molecule has 7 heteroatoms. The fourth-order valence-corrected chi connectivity index (χ4v) is 3.31. The van der Waals surface area contributed by atoms with Crippen molar-refractivity contribution in [2.24, 2.45) is 0 Å². The summed E-state index contributed by atoms with van der Waals surface area (Å²) in [6.07, 6.45) is 0. The fourth-order valence-electron chi connectivity index (χ4n) is 2.31. The van der Waals surface area contributed by atoms with E-state index in [1.807, 2.05) is 24.3 Å². The van der Waals surface area contributed by atoms with Gasteiger partial charge in [0.1, 0.15) is 5.58 Å². The van der Waals surface area contributed by atoms with Gasteiger partial charge in [0.2, 0.25) is 0 Å². The zero-order valence-corrected chi connectivity index (χ0v) is 13.8. The number of rotatable bonds is 2. The third kappa shape index (κ3) is 2.53. The second-order valence-electron chi connectivity index (χ2n) is 6.40. The predicted octanol–water partition coefficient (Wildman–Crippen LogP) is 4.03. The van der Waals surface area contributed by atoms with Crippen molar-refractivity contribution in [1.82, 2.24) is 25.6 Å². The minimum Gasteiger partial charge on any atom is -0.454 e. The first kappa shape index (κ1) is 14.1. The van der Waals surface area contributed by atoms with E-state index in [9.17, 15) is 0 Å². The first-order valence-corrected chi connectivity index (χ1v) is 8.13. The molecule has 0 radical (unpaired) electrons. The third-order valence-corrected chi connectivity index (χ3v) is 4.48. The highest BCUT2D eigenvalue weighted by molar-refractivity contribution is 7.13. The van der Waals surface area contributed by atoms with Crippen LogP contribution in [0.2, 0.25) is 0 Å². The summed E-state index contributed by atoms with van der Waals surface area (Å²) in [5.41, 5.74) is 2.85. The molecule has 4 aromatic rings. The van der Waals surface area contributed by atoms with Crippen molar-refractivity contribution in [3.8, 4) is 22.2 Å². The average Bonchev–Trinajstić information content (AvgIpc) is 3.24. The van der Waals surface area contributed by atoms with Crippen LogP contribution < -0.4 is 0 Å². The van der Waals surface area contributed by atoms with E-state index >= 15 is 0 Å². The van der Waals surface area contributed by atoms with Crippen LogP contribution >= 0.6 is 11.3 Å². The van der Waals surface area contributed by atoms with E-state index in [1.165, 1.54) is 0 Å². The molecule has 3 aromatic heterocycles. The molecule has 0 amide bonds. The summed E-state index contributed by atoms with van der Waals surface area (Å²) in [6, 6.07) is 7.87. The third-order valence-electron chi connectivity index (χ3n) is 3.62. The zero-order chi connectivity index (χ0) is 16.0. The lowest BCUT2D eigenvalue weighted by atomic mass is 9.93. The van der Waals surface area contributed by atoms with E-state index in [0.29, 0.717) is 5.82 Å². The number of tetrazole rings is 1. The molecule has 0 bridgehead atoms. The number of aromatic nitrogens is 5. The molecule has 0 spiro atoms. The Balaban J connectivity index is 1.76. The molecule has 3 heterocycles. The lowest BCUT2D eigenvalue weighted by Crippen LogP contribution is -2.11. The van der Waals surface area contributed by atoms with Crippen molar-refractivity contribution < 1.29 is 4.42 Å². The van der Waals surface area contributed by atoms with E-state index in [1.54, 1.807) is 11.3 Å². The molecule has 0 saturated heterocycles. The molecule has 6 nitrogen and oxygen atoms in total. The number of H-pyrrole nitrogens is 1. The number of furan rings is 1. The lowest BCUT2D eigenvalue weighted by Gasteiger charge is -2.13. The monoisotopic (exact) mass is 325 g/mol. The van der Waals surface area contributed by atoms with Crippen molar-refractivity contribution >= 4 is 22.3 Å². The highest BCUT2D eigenvalue weighted by Crippen LogP contribution is 2.34. The smallest absolute Gasteiger partial charge is 0.179 e. The van der Waals surface area contributed by atoms with Gasteiger partial charge in [-0.2, -0.15) is 0 Å². The Morgan fingerprint density at radius 3 is 2.74 bits per heavy atom. The molecular formula is C16H15N5OS. The number of hydrogen-bond acceptors (Lipinski definition) is 6. The van der Waals surface area contributed by atoms with Gasteiger partial charge in [-0.3, -0.25) is 0 Å². The Labute approximate surface area is 136 Å². The number of aromatic amines is 1. The Morgan fingerprint density at radius 2 is 2.04 bits per heavy atom. The number of thiazole rings is 1. The lowest BCUT2D eigenvalue weighted by molar-refractivity contribution is 0.571. The number of nitrogens with one attached hydrogen (secondary N) is 1. The first-order chi connectivity index (χ1) is 11.0. The van der Waals surface area contributed by atoms with Crippen LogP contribution in [-0.2, 0) is 5.41 Å². The van der Waals surface area contributed by atoms with Crippen LogP contribution in [-0.4, -0.2) is 25.6 Å². The van der Waals surface area contributed by atoms with Crippen molar-refractivity contribution in [2.45, 2.75) is 26.2 Å². The van der Waals surface area contributed by atoms with E-state index < -0.39 is 0 Å². The molecule has 0 unspecified atom stereocenters. The maximum atomic E-state index is 5.94. The highest BCUT2D eigenvalue weighted by atomic mass is 32.1. The molecule has 0 aliphatic heterocycles. The van der Waals surface area contributed by atoms with Gasteiger partial charge in [-0.25, -0.2) is 10.1 Å². The van der Waals surface area contributed by atoms with Crippen molar-refractivity contribution in [2.75, 3.05) is 0 Å². The Bertz CT molecular complexity index is 962. The van der Waals surface area contributed by atoms with Crippen molar-refractivity contribution in [3.63, 3.8) is 0 Å². The molecule has 1 N–H and O–H groups in total. The number of nitrogens with zero attached hydrogens (tertiary/aromatic N) is 4. The summed E-state index contributed by atoms with van der Waals surface area (Å²) in [7, 11) is 0. The molecule has 23 heavy (non-hydrogen) atoms. The van der Waals surface area contributed by atoms with Gasteiger partial charge in [-0.05, 0) is 34.7 Å². The van der Waals surface area contributed by atoms with Gasteiger partial charge in [-0.15, -0.1) is 16.4 Å². The van der Waals surface area contributed by atoms with Crippen LogP contribution in [0.25, 0.3) is 33.1 Å². The Kier molecular flexibility index (Phi) is 3.05. The summed E-state index contributed by atoms with van der Waals surface area (Å²) in [4.78, 5) is 4.71. The minimum atomic E-state index is 0.0349. The fraction of sp³-hybridized carbons (Fsp3) is 0.250. The summed E-state index contributed by atoms with van der Waals surface area (Å²) in [6.45, 7) is 6.46. The summed E-state index contributed by atoms with van der Waals surface area (Å²) < 4.78 is 5.94. The van der Waals surface area contributed by atoms with E-state index in [0.717, 1.165) is 33.0 Å². The number of hydrogen-bond donors (Lipinski definition) is 1. The topological polar surface area (TPSA) is 80.5 Å². The van der Waals surface area contributed by atoms with Gasteiger partial charge < -0.3 is 4.42 Å². The van der Waals surface area contributed by atoms with Crippen molar-refractivity contribution in [3.05, 3.63) is 35.3 Å². The molecule has 0 aliphatic rings. The second-order valence-corrected chi connectivity index (χ2v) is 7.26. The minimum absolute atomic E-state index is 0.0349. The first-order valence-electron chi connectivity index (χ1n) is 7.25. The standard InChI is InChI=1S/C16H15N5OS/c1-16(2,3)13-8-23-15(17-13)12-7-10-6-9(4-5-11(10)22-12)14-18-20-21-19-14/h4-8H,1-3H3,(H,18,19,20,21). The van der Waals surface area contributed by atoms with Gasteiger partial charge in [0.15, 0.2) is 16.6 Å². The van der Waals surface area contributed by atoms with Gasteiger partial charge in [0, 0.05) is 21.7 Å². The molecule has 116 valence electrons. The Hall–Kier alpha value is -2.54.